The number of aromatic nitrogens is 3. The van der Waals surface area contributed by atoms with E-state index in [0.29, 0.717) is 18.8 Å². The Morgan fingerprint density at radius 2 is 2.17 bits per heavy atom. The second-order valence-corrected chi connectivity index (χ2v) is 5.03. The standard InChI is InChI=1S/C15H16N4O4/c1-2-19-8-11(23-15(19)21)9-22-14(20)13-12(16-18-17-13)10-6-4-3-5-7-10/h3-7,11H,2,8-9H2,1H3,(H,16,17,18). The monoisotopic (exact) mass is 316 g/mol. The van der Waals surface area contributed by atoms with Gasteiger partial charge in [0.1, 0.15) is 12.3 Å². The topological polar surface area (TPSA) is 97.4 Å². The lowest BCUT2D eigenvalue weighted by Crippen LogP contribution is -2.26. The summed E-state index contributed by atoms with van der Waals surface area (Å²) in [6.45, 7) is 2.82. The van der Waals surface area contributed by atoms with Crippen molar-refractivity contribution in [1.82, 2.24) is 20.3 Å². The van der Waals surface area contributed by atoms with Crippen LogP contribution in [-0.4, -0.2) is 58.2 Å². The molecule has 8 heteroatoms. The van der Waals surface area contributed by atoms with Crippen LogP contribution < -0.4 is 0 Å². The molecule has 8 nitrogen and oxygen atoms in total. The number of nitrogens with zero attached hydrogens (tertiary/aromatic N) is 3. The summed E-state index contributed by atoms with van der Waals surface area (Å²) < 4.78 is 10.3. The fourth-order valence-electron chi connectivity index (χ4n) is 2.33. The van der Waals surface area contributed by atoms with Crippen molar-refractivity contribution >= 4 is 12.1 Å². The Kier molecular flexibility index (Phi) is 4.22. The molecule has 2 heterocycles. The zero-order valence-electron chi connectivity index (χ0n) is 12.6. The number of aromatic amines is 1. The molecular weight excluding hydrogens is 300 g/mol. The van der Waals surface area contributed by atoms with Gasteiger partial charge in [-0.1, -0.05) is 30.3 Å². The van der Waals surface area contributed by atoms with Crippen LogP contribution in [-0.2, 0) is 9.47 Å². The molecule has 1 N–H and O–H groups in total. The van der Waals surface area contributed by atoms with Crippen molar-refractivity contribution in [3.8, 4) is 11.3 Å². The number of nitrogens with one attached hydrogen (secondary N) is 1. The highest BCUT2D eigenvalue weighted by atomic mass is 16.6. The SMILES string of the molecule is CCN1CC(COC(=O)c2n[nH]nc2-c2ccccc2)OC1=O. The first-order chi connectivity index (χ1) is 11.2. The summed E-state index contributed by atoms with van der Waals surface area (Å²) in [5, 5.41) is 10.3. The maximum atomic E-state index is 12.2. The normalized spacial score (nSPS) is 17.2. The van der Waals surface area contributed by atoms with Gasteiger partial charge in [-0.25, -0.2) is 9.59 Å². The van der Waals surface area contributed by atoms with Gasteiger partial charge >= 0.3 is 12.1 Å². The number of benzene rings is 1. The number of hydrogen-bond donors (Lipinski definition) is 1. The Morgan fingerprint density at radius 3 is 2.87 bits per heavy atom. The zero-order chi connectivity index (χ0) is 16.2. The van der Waals surface area contributed by atoms with Gasteiger partial charge in [-0.05, 0) is 6.92 Å². The molecule has 1 amide bonds. The molecule has 1 aliphatic rings. The van der Waals surface area contributed by atoms with Gasteiger partial charge in [0.15, 0.2) is 11.8 Å². The third-order valence-electron chi connectivity index (χ3n) is 3.52. The van der Waals surface area contributed by atoms with E-state index in [2.05, 4.69) is 15.4 Å². The van der Waals surface area contributed by atoms with Crippen LogP contribution in [0.4, 0.5) is 4.79 Å². The van der Waals surface area contributed by atoms with E-state index in [0.717, 1.165) is 5.56 Å². The molecular formula is C15H16N4O4. The smallest absolute Gasteiger partial charge is 0.410 e. The average molecular weight is 316 g/mol. The number of carbonyl (C=O) groups is 2. The van der Waals surface area contributed by atoms with Crippen LogP contribution in [0.25, 0.3) is 11.3 Å². The molecule has 1 aromatic heterocycles. The van der Waals surface area contributed by atoms with Crippen LogP contribution >= 0.6 is 0 Å². The third kappa shape index (κ3) is 3.15. The van der Waals surface area contributed by atoms with Gasteiger partial charge < -0.3 is 14.4 Å². The molecule has 2 aromatic rings. The van der Waals surface area contributed by atoms with E-state index in [1.54, 1.807) is 4.90 Å². The zero-order valence-corrected chi connectivity index (χ0v) is 12.6. The summed E-state index contributed by atoms with van der Waals surface area (Å²) in [6.07, 6.45) is -0.849. The fraction of sp³-hybridized carbons (Fsp3) is 0.333. The number of ether oxygens (including phenoxy) is 2. The fourth-order valence-corrected chi connectivity index (χ4v) is 2.33. The lowest BCUT2D eigenvalue weighted by molar-refractivity contribution is 0.0295. The minimum absolute atomic E-state index is 0.0117. The Balaban J connectivity index is 1.64. The molecule has 0 radical (unpaired) electrons. The number of H-pyrrole nitrogens is 1. The van der Waals surface area contributed by atoms with E-state index >= 15 is 0 Å². The Hall–Kier alpha value is -2.90. The predicted molar refractivity (Wildman–Crippen MR) is 79.6 cm³/mol. The quantitative estimate of drug-likeness (QED) is 0.839. The summed E-state index contributed by atoms with van der Waals surface area (Å²) in [6, 6.07) is 9.21. The van der Waals surface area contributed by atoms with Crippen LogP contribution in [0.1, 0.15) is 17.4 Å². The van der Waals surface area contributed by atoms with E-state index < -0.39 is 12.1 Å². The molecule has 1 aromatic carbocycles. The molecule has 23 heavy (non-hydrogen) atoms. The van der Waals surface area contributed by atoms with Gasteiger partial charge in [0, 0.05) is 12.1 Å². The molecule has 0 bridgehead atoms. The lowest BCUT2D eigenvalue weighted by Gasteiger charge is -2.09. The molecule has 1 aliphatic heterocycles. The van der Waals surface area contributed by atoms with Gasteiger partial charge in [-0.2, -0.15) is 10.3 Å². The number of hydrogen-bond acceptors (Lipinski definition) is 6. The van der Waals surface area contributed by atoms with E-state index in [-0.39, 0.29) is 18.4 Å². The van der Waals surface area contributed by atoms with Crippen LogP contribution in [0.3, 0.4) is 0 Å². The van der Waals surface area contributed by atoms with Crippen LogP contribution in [0.15, 0.2) is 30.3 Å². The first-order valence-electron chi connectivity index (χ1n) is 7.28. The van der Waals surface area contributed by atoms with Crippen molar-refractivity contribution < 1.29 is 19.1 Å². The molecule has 0 aliphatic carbocycles. The first kappa shape index (κ1) is 15.0. The molecule has 1 unspecified atom stereocenters. The second kappa shape index (κ2) is 6.47. The number of amides is 1. The van der Waals surface area contributed by atoms with Crippen molar-refractivity contribution in [2.45, 2.75) is 13.0 Å². The minimum Gasteiger partial charge on any atom is -0.457 e. The third-order valence-corrected chi connectivity index (χ3v) is 3.52. The van der Waals surface area contributed by atoms with Crippen molar-refractivity contribution in [2.24, 2.45) is 0 Å². The van der Waals surface area contributed by atoms with E-state index in [1.165, 1.54) is 0 Å². The van der Waals surface area contributed by atoms with Gasteiger partial charge in [-0.15, -0.1) is 5.10 Å². The van der Waals surface area contributed by atoms with Gasteiger partial charge in [0.2, 0.25) is 0 Å². The maximum absolute atomic E-state index is 12.2. The largest absolute Gasteiger partial charge is 0.457 e. The Labute approximate surface area is 132 Å². The van der Waals surface area contributed by atoms with Crippen molar-refractivity contribution in [1.29, 1.82) is 0 Å². The number of esters is 1. The molecule has 3 rings (SSSR count). The van der Waals surface area contributed by atoms with Crippen molar-refractivity contribution in [3.05, 3.63) is 36.0 Å². The van der Waals surface area contributed by atoms with Crippen LogP contribution in [0.2, 0.25) is 0 Å². The number of cyclic esters (lactones) is 1. The highest BCUT2D eigenvalue weighted by Gasteiger charge is 2.31. The number of likely N-dealkylation sites (N-methyl/N-ethyl adjacent to an activating group) is 1. The summed E-state index contributed by atoms with van der Waals surface area (Å²) in [5.41, 5.74) is 1.29. The van der Waals surface area contributed by atoms with E-state index in [9.17, 15) is 9.59 Å². The van der Waals surface area contributed by atoms with Gasteiger partial charge in [0.05, 0.1) is 6.54 Å². The Bertz CT molecular complexity index is 701. The molecule has 1 fully saturated rings. The summed E-state index contributed by atoms with van der Waals surface area (Å²) >= 11 is 0. The first-order valence-corrected chi connectivity index (χ1v) is 7.28. The van der Waals surface area contributed by atoms with Gasteiger partial charge in [-0.3, -0.25) is 0 Å². The van der Waals surface area contributed by atoms with Crippen molar-refractivity contribution in [2.75, 3.05) is 19.7 Å². The van der Waals surface area contributed by atoms with E-state index in [4.69, 9.17) is 9.47 Å². The number of rotatable bonds is 5. The highest BCUT2D eigenvalue weighted by molar-refractivity contribution is 5.93. The molecule has 0 saturated carbocycles. The van der Waals surface area contributed by atoms with Crippen molar-refractivity contribution in [3.63, 3.8) is 0 Å². The Morgan fingerprint density at radius 1 is 1.39 bits per heavy atom. The van der Waals surface area contributed by atoms with Crippen LogP contribution in [0.5, 0.6) is 0 Å². The molecule has 1 atom stereocenters. The minimum atomic E-state index is -0.608. The lowest BCUT2D eigenvalue weighted by atomic mass is 10.1. The average Bonchev–Trinajstić information content (AvgIpc) is 3.20. The van der Waals surface area contributed by atoms with E-state index in [1.807, 2.05) is 37.3 Å². The summed E-state index contributed by atoms with van der Waals surface area (Å²) in [4.78, 5) is 25.2. The number of carbonyl (C=O) groups excluding carboxylic acids is 2. The second-order valence-electron chi connectivity index (χ2n) is 5.03. The molecule has 120 valence electrons. The maximum Gasteiger partial charge on any atom is 0.410 e. The predicted octanol–water partition coefficient (Wildman–Crippen LogP) is 1.47. The summed E-state index contributed by atoms with van der Waals surface area (Å²) in [7, 11) is 0. The molecule has 0 spiro atoms. The summed E-state index contributed by atoms with van der Waals surface area (Å²) in [5.74, 6) is -0.608. The molecule has 1 saturated heterocycles. The van der Waals surface area contributed by atoms with Gasteiger partial charge in [0.25, 0.3) is 0 Å². The van der Waals surface area contributed by atoms with Crippen LogP contribution in [0, 0.1) is 0 Å². The highest BCUT2D eigenvalue weighted by Crippen LogP contribution is 2.20.